The number of hydrogen-bond acceptors (Lipinski definition) is 4. The van der Waals surface area contributed by atoms with Crippen LogP contribution in [-0.2, 0) is 0 Å². The van der Waals surface area contributed by atoms with Gasteiger partial charge in [0.15, 0.2) is 5.69 Å². The van der Waals surface area contributed by atoms with E-state index in [0.717, 1.165) is 5.56 Å². The molecule has 2 N–H and O–H groups in total. The van der Waals surface area contributed by atoms with Crippen molar-refractivity contribution in [1.29, 1.82) is 0 Å². The van der Waals surface area contributed by atoms with E-state index in [1.165, 1.54) is 0 Å². The minimum absolute atomic E-state index is 0.0756. The number of carbonyl (C=O) groups is 1. The highest BCUT2D eigenvalue weighted by Crippen LogP contribution is 2.19. The SMILES string of the molecule is CC(C)c1cc(C(=O)NCC(CCO)c2ccccc2)no1. The second-order valence-electron chi connectivity index (χ2n) is 5.60. The summed E-state index contributed by atoms with van der Waals surface area (Å²) in [5.74, 6) is 0.710. The average molecular weight is 302 g/mol. The standard InChI is InChI=1S/C17H22N2O3/c1-12(2)16-10-15(19-22-16)17(21)18-11-14(8-9-20)13-6-4-3-5-7-13/h3-7,10,12,14,20H,8-9,11H2,1-2H3,(H,18,21). The van der Waals surface area contributed by atoms with Gasteiger partial charge < -0.3 is 14.9 Å². The van der Waals surface area contributed by atoms with E-state index in [9.17, 15) is 9.90 Å². The molecule has 1 unspecified atom stereocenters. The van der Waals surface area contributed by atoms with Crippen molar-refractivity contribution in [2.75, 3.05) is 13.2 Å². The van der Waals surface area contributed by atoms with Crippen LogP contribution in [0.1, 0.15) is 53.9 Å². The van der Waals surface area contributed by atoms with Gasteiger partial charge in [0.1, 0.15) is 5.76 Å². The molecule has 0 saturated carbocycles. The number of aliphatic hydroxyl groups excluding tert-OH is 1. The molecule has 2 aromatic rings. The minimum atomic E-state index is -0.255. The zero-order valence-electron chi connectivity index (χ0n) is 13.0. The third kappa shape index (κ3) is 4.18. The van der Waals surface area contributed by atoms with Crippen molar-refractivity contribution in [1.82, 2.24) is 10.5 Å². The molecule has 2 rings (SSSR count). The first-order valence-electron chi connectivity index (χ1n) is 7.52. The quantitative estimate of drug-likeness (QED) is 0.824. The normalized spacial score (nSPS) is 12.4. The summed E-state index contributed by atoms with van der Waals surface area (Å²) >= 11 is 0. The Labute approximate surface area is 130 Å². The molecule has 0 spiro atoms. The summed E-state index contributed by atoms with van der Waals surface area (Å²) in [4.78, 5) is 12.1. The second kappa shape index (κ2) is 7.75. The lowest BCUT2D eigenvalue weighted by Gasteiger charge is -2.16. The van der Waals surface area contributed by atoms with Crippen molar-refractivity contribution in [3.05, 3.63) is 53.4 Å². The van der Waals surface area contributed by atoms with Crippen LogP contribution in [-0.4, -0.2) is 29.3 Å². The number of rotatable bonds is 7. The van der Waals surface area contributed by atoms with E-state index in [1.807, 2.05) is 44.2 Å². The first-order valence-corrected chi connectivity index (χ1v) is 7.52. The van der Waals surface area contributed by atoms with E-state index in [4.69, 9.17) is 4.52 Å². The smallest absolute Gasteiger partial charge is 0.273 e. The van der Waals surface area contributed by atoms with Crippen LogP contribution in [0, 0.1) is 0 Å². The number of carbonyl (C=O) groups excluding carboxylic acids is 1. The van der Waals surface area contributed by atoms with Crippen molar-refractivity contribution in [2.45, 2.75) is 32.1 Å². The van der Waals surface area contributed by atoms with Gasteiger partial charge in [0.05, 0.1) is 0 Å². The van der Waals surface area contributed by atoms with E-state index in [2.05, 4.69) is 10.5 Å². The number of aromatic nitrogens is 1. The van der Waals surface area contributed by atoms with Crippen LogP contribution < -0.4 is 5.32 Å². The highest BCUT2D eigenvalue weighted by atomic mass is 16.5. The average Bonchev–Trinajstić information content (AvgIpc) is 3.02. The van der Waals surface area contributed by atoms with Crippen molar-refractivity contribution < 1.29 is 14.4 Å². The van der Waals surface area contributed by atoms with Gasteiger partial charge in [-0.05, 0) is 12.0 Å². The minimum Gasteiger partial charge on any atom is -0.396 e. The molecule has 5 heteroatoms. The molecular weight excluding hydrogens is 280 g/mol. The first kappa shape index (κ1) is 16.2. The fourth-order valence-corrected chi connectivity index (χ4v) is 2.24. The Balaban J connectivity index is 1.98. The van der Waals surface area contributed by atoms with E-state index in [-0.39, 0.29) is 24.3 Å². The predicted molar refractivity (Wildman–Crippen MR) is 83.8 cm³/mol. The number of benzene rings is 1. The Morgan fingerprint density at radius 1 is 1.32 bits per heavy atom. The van der Waals surface area contributed by atoms with Crippen LogP contribution in [0.15, 0.2) is 40.9 Å². The summed E-state index contributed by atoms with van der Waals surface area (Å²) in [6, 6.07) is 11.5. The Morgan fingerprint density at radius 3 is 2.64 bits per heavy atom. The summed E-state index contributed by atoms with van der Waals surface area (Å²) in [6.45, 7) is 4.49. The Morgan fingerprint density at radius 2 is 2.05 bits per heavy atom. The van der Waals surface area contributed by atoms with Crippen molar-refractivity contribution in [3.8, 4) is 0 Å². The highest BCUT2D eigenvalue weighted by molar-refractivity contribution is 5.92. The first-order chi connectivity index (χ1) is 10.6. The maximum Gasteiger partial charge on any atom is 0.273 e. The van der Waals surface area contributed by atoms with Crippen LogP contribution in [0.25, 0.3) is 0 Å². The van der Waals surface area contributed by atoms with Crippen LogP contribution in [0.2, 0.25) is 0 Å². The molecule has 0 radical (unpaired) electrons. The van der Waals surface area contributed by atoms with Gasteiger partial charge in [-0.1, -0.05) is 49.3 Å². The molecule has 0 aliphatic rings. The number of nitrogens with zero attached hydrogens (tertiary/aromatic N) is 1. The lowest BCUT2D eigenvalue weighted by atomic mass is 9.96. The summed E-state index contributed by atoms with van der Waals surface area (Å²) in [6.07, 6.45) is 0.598. The fourth-order valence-electron chi connectivity index (χ4n) is 2.24. The topological polar surface area (TPSA) is 75.4 Å². The van der Waals surface area contributed by atoms with Gasteiger partial charge in [0.2, 0.25) is 0 Å². The molecule has 118 valence electrons. The molecule has 0 saturated heterocycles. The van der Waals surface area contributed by atoms with E-state index < -0.39 is 0 Å². The summed E-state index contributed by atoms with van der Waals surface area (Å²) in [5, 5.41) is 15.9. The molecule has 1 heterocycles. The highest BCUT2D eigenvalue weighted by Gasteiger charge is 2.17. The number of hydrogen-bond donors (Lipinski definition) is 2. The predicted octanol–water partition coefficient (Wildman–Crippen LogP) is 2.69. The zero-order chi connectivity index (χ0) is 15.9. The van der Waals surface area contributed by atoms with Gasteiger partial charge in [-0.15, -0.1) is 0 Å². The molecule has 0 aliphatic carbocycles. The van der Waals surface area contributed by atoms with Gasteiger partial charge in [-0.25, -0.2) is 0 Å². The largest absolute Gasteiger partial charge is 0.396 e. The molecule has 1 amide bonds. The van der Waals surface area contributed by atoms with Gasteiger partial charge in [-0.3, -0.25) is 4.79 Å². The van der Waals surface area contributed by atoms with Gasteiger partial charge in [0, 0.05) is 31.1 Å². The number of nitrogens with one attached hydrogen (secondary N) is 1. The Kier molecular flexibility index (Phi) is 5.72. The number of amides is 1. The maximum atomic E-state index is 12.1. The summed E-state index contributed by atoms with van der Waals surface area (Å²) in [7, 11) is 0. The fraction of sp³-hybridized carbons (Fsp3) is 0.412. The third-order valence-corrected chi connectivity index (χ3v) is 3.59. The molecule has 1 aromatic heterocycles. The molecule has 0 aliphatic heterocycles. The van der Waals surface area contributed by atoms with Crippen LogP contribution in [0.4, 0.5) is 0 Å². The molecular formula is C17H22N2O3. The van der Waals surface area contributed by atoms with E-state index in [0.29, 0.717) is 24.4 Å². The van der Waals surface area contributed by atoms with Crippen molar-refractivity contribution >= 4 is 5.91 Å². The molecule has 0 bridgehead atoms. The van der Waals surface area contributed by atoms with Crippen molar-refractivity contribution in [3.63, 3.8) is 0 Å². The van der Waals surface area contributed by atoms with Crippen molar-refractivity contribution in [2.24, 2.45) is 0 Å². The molecule has 22 heavy (non-hydrogen) atoms. The maximum absolute atomic E-state index is 12.1. The second-order valence-corrected chi connectivity index (χ2v) is 5.60. The third-order valence-electron chi connectivity index (χ3n) is 3.59. The molecule has 5 nitrogen and oxygen atoms in total. The lowest BCUT2D eigenvalue weighted by Crippen LogP contribution is -2.29. The van der Waals surface area contributed by atoms with E-state index >= 15 is 0 Å². The van der Waals surface area contributed by atoms with Gasteiger partial charge >= 0.3 is 0 Å². The zero-order valence-corrected chi connectivity index (χ0v) is 13.0. The van der Waals surface area contributed by atoms with Crippen LogP contribution in [0.5, 0.6) is 0 Å². The van der Waals surface area contributed by atoms with Gasteiger partial charge in [-0.2, -0.15) is 0 Å². The Hall–Kier alpha value is -2.14. The Bertz CT molecular complexity index is 593. The van der Waals surface area contributed by atoms with Gasteiger partial charge in [0.25, 0.3) is 5.91 Å². The summed E-state index contributed by atoms with van der Waals surface area (Å²) < 4.78 is 5.14. The van der Waals surface area contributed by atoms with Crippen LogP contribution >= 0.6 is 0 Å². The molecule has 1 atom stereocenters. The summed E-state index contributed by atoms with van der Waals surface area (Å²) in [5.41, 5.74) is 1.39. The molecule has 0 fully saturated rings. The van der Waals surface area contributed by atoms with Crippen LogP contribution in [0.3, 0.4) is 0 Å². The molecule has 1 aromatic carbocycles. The van der Waals surface area contributed by atoms with E-state index in [1.54, 1.807) is 6.07 Å². The number of aliphatic hydroxyl groups is 1. The lowest BCUT2D eigenvalue weighted by molar-refractivity contribution is 0.0940. The monoisotopic (exact) mass is 302 g/mol.